The first kappa shape index (κ1) is 10.9. The van der Waals surface area contributed by atoms with E-state index in [2.05, 4.69) is 11.1 Å². The van der Waals surface area contributed by atoms with Crippen LogP contribution in [0.25, 0.3) is 0 Å². The van der Waals surface area contributed by atoms with E-state index in [0.717, 1.165) is 18.6 Å². The van der Waals surface area contributed by atoms with E-state index in [0.29, 0.717) is 0 Å². The number of nitrogens with zero attached hydrogens (tertiary/aromatic N) is 1. The fraction of sp³-hybridized carbons (Fsp3) is 0.357. The van der Waals surface area contributed by atoms with Gasteiger partial charge in [0.05, 0.1) is 6.26 Å². The van der Waals surface area contributed by atoms with E-state index in [1.807, 2.05) is 30.5 Å². The molecule has 0 aromatic carbocycles. The normalized spacial score (nSPS) is 10.5. The molecule has 16 heavy (non-hydrogen) atoms. The number of aromatic nitrogens is 1. The summed E-state index contributed by atoms with van der Waals surface area (Å²) < 4.78 is 5.29. The van der Waals surface area contributed by atoms with Gasteiger partial charge in [-0.05, 0) is 43.5 Å². The summed E-state index contributed by atoms with van der Waals surface area (Å²) in [6.45, 7) is 0. The monoisotopic (exact) mass is 215 g/mol. The number of rotatable bonds is 6. The van der Waals surface area contributed by atoms with Crippen LogP contribution in [0.5, 0.6) is 0 Å². The molecule has 0 spiro atoms. The largest absolute Gasteiger partial charge is 0.469 e. The maximum Gasteiger partial charge on any atom is 0.103 e. The number of unbranched alkanes of at least 4 members (excludes halogenated alkanes) is 2. The molecule has 2 aromatic rings. The fourth-order valence-corrected chi connectivity index (χ4v) is 1.78. The molecule has 2 heterocycles. The van der Waals surface area contributed by atoms with Crippen molar-refractivity contribution >= 4 is 0 Å². The van der Waals surface area contributed by atoms with Crippen LogP contribution in [0, 0.1) is 0 Å². The predicted molar refractivity (Wildman–Crippen MR) is 64.2 cm³/mol. The predicted octanol–water partition coefficient (Wildman–Crippen LogP) is 3.63. The van der Waals surface area contributed by atoms with Crippen LogP contribution in [0.1, 0.15) is 30.7 Å². The van der Waals surface area contributed by atoms with E-state index in [-0.39, 0.29) is 0 Å². The molecule has 0 radical (unpaired) electrons. The van der Waals surface area contributed by atoms with Gasteiger partial charge in [-0.2, -0.15) is 0 Å². The van der Waals surface area contributed by atoms with Crippen LogP contribution in [-0.2, 0) is 12.8 Å². The lowest BCUT2D eigenvalue weighted by Crippen LogP contribution is -1.90. The summed E-state index contributed by atoms with van der Waals surface area (Å²) in [5.74, 6) is 1.10. The van der Waals surface area contributed by atoms with Crippen molar-refractivity contribution in [1.29, 1.82) is 0 Å². The van der Waals surface area contributed by atoms with Crippen molar-refractivity contribution in [2.24, 2.45) is 0 Å². The summed E-state index contributed by atoms with van der Waals surface area (Å²) in [7, 11) is 0. The minimum absolute atomic E-state index is 1.05. The SMILES string of the molecule is c1ccc(CCCCCc2ccco2)nc1. The van der Waals surface area contributed by atoms with Crippen molar-refractivity contribution in [3.63, 3.8) is 0 Å². The molecule has 0 aliphatic carbocycles. The quantitative estimate of drug-likeness (QED) is 0.688. The summed E-state index contributed by atoms with van der Waals surface area (Å²) in [5, 5.41) is 0. The van der Waals surface area contributed by atoms with Crippen LogP contribution in [0.4, 0.5) is 0 Å². The van der Waals surface area contributed by atoms with Crippen molar-refractivity contribution in [2.75, 3.05) is 0 Å². The van der Waals surface area contributed by atoms with Crippen molar-refractivity contribution in [3.05, 3.63) is 54.2 Å². The molecule has 0 aliphatic rings. The highest BCUT2D eigenvalue weighted by atomic mass is 16.3. The highest BCUT2D eigenvalue weighted by Crippen LogP contribution is 2.09. The van der Waals surface area contributed by atoms with E-state index in [4.69, 9.17) is 4.42 Å². The van der Waals surface area contributed by atoms with Gasteiger partial charge in [-0.3, -0.25) is 4.98 Å². The smallest absolute Gasteiger partial charge is 0.103 e. The third kappa shape index (κ3) is 3.54. The van der Waals surface area contributed by atoms with E-state index in [1.165, 1.54) is 25.0 Å². The van der Waals surface area contributed by atoms with Crippen LogP contribution in [0.15, 0.2) is 47.2 Å². The Kier molecular flexibility index (Phi) is 4.17. The summed E-state index contributed by atoms with van der Waals surface area (Å²) in [6.07, 6.45) is 9.37. The second kappa shape index (κ2) is 6.11. The number of hydrogen-bond acceptors (Lipinski definition) is 2. The molecular weight excluding hydrogens is 198 g/mol. The zero-order valence-corrected chi connectivity index (χ0v) is 9.43. The van der Waals surface area contributed by atoms with Gasteiger partial charge in [0.2, 0.25) is 0 Å². The number of pyridine rings is 1. The van der Waals surface area contributed by atoms with Crippen molar-refractivity contribution < 1.29 is 4.42 Å². The third-order valence-electron chi connectivity index (χ3n) is 2.66. The molecule has 2 nitrogen and oxygen atoms in total. The Balaban J connectivity index is 1.59. The Morgan fingerprint density at radius 3 is 2.62 bits per heavy atom. The molecule has 0 fully saturated rings. The molecular formula is C14H17NO. The Morgan fingerprint density at radius 2 is 1.88 bits per heavy atom. The lowest BCUT2D eigenvalue weighted by Gasteiger charge is -2.00. The molecule has 0 unspecified atom stereocenters. The highest BCUT2D eigenvalue weighted by Gasteiger charge is 1.97. The van der Waals surface area contributed by atoms with Crippen LogP contribution in [-0.4, -0.2) is 4.98 Å². The summed E-state index contributed by atoms with van der Waals surface area (Å²) in [5.41, 5.74) is 1.19. The van der Waals surface area contributed by atoms with Gasteiger partial charge in [-0.25, -0.2) is 0 Å². The van der Waals surface area contributed by atoms with Crippen molar-refractivity contribution in [3.8, 4) is 0 Å². The molecule has 84 valence electrons. The molecule has 0 bridgehead atoms. The van der Waals surface area contributed by atoms with Gasteiger partial charge < -0.3 is 4.42 Å². The Labute approximate surface area is 96.3 Å². The third-order valence-corrected chi connectivity index (χ3v) is 2.66. The first-order chi connectivity index (χ1) is 7.95. The van der Waals surface area contributed by atoms with E-state index >= 15 is 0 Å². The molecule has 0 atom stereocenters. The Morgan fingerprint density at radius 1 is 0.938 bits per heavy atom. The minimum atomic E-state index is 1.05. The van der Waals surface area contributed by atoms with Crippen molar-refractivity contribution in [1.82, 2.24) is 4.98 Å². The van der Waals surface area contributed by atoms with Gasteiger partial charge in [-0.15, -0.1) is 0 Å². The molecule has 2 heteroatoms. The number of aryl methyl sites for hydroxylation is 2. The zero-order chi connectivity index (χ0) is 11.1. The zero-order valence-electron chi connectivity index (χ0n) is 9.43. The maximum absolute atomic E-state index is 5.29. The number of furan rings is 1. The Hall–Kier alpha value is -1.57. The number of hydrogen-bond donors (Lipinski definition) is 0. The second-order valence-electron chi connectivity index (χ2n) is 3.96. The minimum Gasteiger partial charge on any atom is -0.469 e. The van der Waals surface area contributed by atoms with Crippen LogP contribution in [0.3, 0.4) is 0 Å². The van der Waals surface area contributed by atoms with Gasteiger partial charge >= 0.3 is 0 Å². The van der Waals surface area contributed by atoms with Crippen LogP contribution in [0.2, 0.25) is 0 Å². The van der Waals surface area contributed by atoms with E-state index in [9.17, 15) is 0 Å². The first-order valence-electron chi connectivity index (χ1n) is 5.87. The standard InChI is InChI=1S/C14H17NO/c1(3-9-14-10-6-12-16-14)2-7-13-8-4-5-11-15-13/h4-6,8,10-12H,1-3,7,9H2. The molecule has 0 saturated carbocycles. The van der Waals surface area contributed by atoms with Gasteiger partial charge in [-0.1, -0.05) is 12.5 Å². The van der Waals surface area contributed by atoms with Gasteiger partial charge in [0, 0.05) is 18.3 Å². The highest BCUT2D eigenvalue weighted by molar-refractivity contribution is 5.03. The summed E-state index contributed by atoms with van der Waals surface area (Å²) in [4.78, 5) is 4.31. The molecule has 0 saturated heterocycles. The fourth-order valence-electron chi connectivity index (χ4n) is 1.78. The van der Waals surface area contributed by atoms with Crippen LogP contribution < -0.4 is 0 Å². The molecule has 0 aliphatic heterocycles. The molecule has 2 rings (SSSR count). The average Bonchev–Trinajstić information content (AvgIpc) is 2.83. The van der Waals surface area contributed by atoms with E-state index in [1.54, 1.807) is 6.26 Å². The summed E-state index contributed by atoms with van der Waals surface area (Å²) in [6, 6.07) is 10.1. The second-order valence-corrected chi connectivity index (χ2v) is 3.96. The lowest BCUT2D eigenvalue weighted by atomic mass is 10.1. The van der Waals surface area contributed by atoms with Crippen LogP contribution >= 0.6 is 0 Å². The van der Waals surface area contributed by atoms with Gasteiger partial charge in [0.1, 0.15) is 5.76 Å². The molecule has 0 amide bonds. The Bertz CT molecular complexity index is 380. The first-order valence-corrected chi connectivity index (χ1v) is 5.87. The topological polar surface area (TPSA) is 26.0 Å². The van der Waals surface area contributed by atoms with Crippen molar-refractivity contribution in [2.45, 2.75) is 32.1 Å². The van der Waals surface area contributed by atoms with Gasteiger partial charge in [0.25, 0.3) is 0 Å². The van der Waals surface area contributed by atoms with E-state index < -0.39 is 0 Å². The average molecular weight is 215 g/mol. The lowest BCUT2D eigenvalue weighted by molar-refractivity contribution is 0.495. The molecule has 0 N–H and O–H groups in total. The molecule has 2 aromatic heterocycles. The summed E-state index contributed by atoms with van der Waals surface area (Å²) >= 11 is 0. The van der Waals surface area contributed by atoms with Gasteiger partial charge in [0.15, 0.2) is 0 Å². The maximum atomic E-state index is 5.29.